The van der Waals surface area contributed by atoms with Crippen LogP contribution in [0.3, 0.4) is 0 Å². The fraction of sp³-hybridized carbons (Fsp3) is 0.636. The molecule has 0 aliphatic heterocycles. The van der Waals surface area contributed by atoms with E-state index in [1.807, 2.05) is 4.68 Å². The minimum atomic E-state index is -0.246. The number of rotatable bonds is 5. The molecule has 1 unspecified atom stereocenters. The minimum absolute atomic E-state index is 0.246. The van der Waals surface area contributed by atoms with Crippen LogP contribution in [0.5, 0.6) is 0 Å². The van der Waals surface area contributed by atoms with Gasteiger partial charge in [0.1, 0.15) is 0 Å². The Morgan fingerprint density at radius 1 is 1.44 bits per heavy atom. The zero-order valence-corrected chi connectivity index (χ0v) is 11.7. The maximum absolute atomic E-state index is 6.30. The monoisotopic (exact) mass is 266 g/mol. The predicted molar refractivity (Wildman–Crippen MR) is 70.3 cm³/mol. The number of nitrogens with zero attached hydrogens (tertiary/aromatic N) is 5. The second-order valence-corrected chi connectivity index (χ2v) is 5.32. The van der Waals surface area contributed by atoms with Crippen LogP contribution >= 0.6 is 11.5 Å². The summed E-state index contributed by atoms with van der Waals surface area (Å²) in [5, 5.41) is 12.2. The van der Waals surface area contributed by atoms with Gasteiger partial charge in [-0.05, 0) is 23.9 Å². The summed E-state index contributed by atoms with van der Waals surface area (Å²) in [7, 11) is 0. The summed E-state index contributed by atoms with van der Waals surface area (Å²) in [5.74, 6) is 0.320. The first-order valence-electron chi connectivity index (χ1n) is 6.11. The highest BCUT2D eigenvalue weighted by atomic mass is 32.1. The van der Waals surface area contributed by atoms with Crippen molar-refractivity contribution >= 4 is 11.5 Å². The third-order valence-electron chi connectivity index (χ3n) is 2.77. The van der Waals surface area contributed by atoms with Gasteiger partial charge in [0, 0.05) is 6.54 Å². The van der Waals surface area contributed by atoms with Crippen LogP contribution in [0.4, 0.5) is 0 Å². The highest BCUT2D eigenvalue weighted by Gasteiger charge is 2.22. The highest BCUT2D eigenvalue weighted by molar-refractivity contribution is 7.05. The topological polar surface area (TPSA) is 82.5 Å². The molecule has 0 amide bonds. The lowest BCUT2D eigenvalue weighted by atomic mass is 10.0. The molecule has 0 saturated carbocycles. The summed E-state index contributed by atoms with van der Waals surface area (Å²) >= 11 is 1.36. The van der Waals surface area contributed by atoms with E-state index in [0.717, 1.165) is 29.2 Å². The fourth-order valence-electron chi connectivity index (χ4n) is 1.85. The summed E-state index contributed by atoms with van der Waals surface area (Å²) in [4.78, 5) is 1.00. The maximum atomic E-state index is 6.30. The van der Waals surface area contributed by atoms with Gasteiger partial charge >= 0.3 is 0 Å². The average Bonchev–Trinajstić information content (AvgIpc) is 2.96. The summed E-state index contributed by atoms with van der Waals surface area (Å²) in [6.07, 6.45) is 2.73. The first kappa shape index (κ1) is 13.1. The lowest BCUT2D eigenvalue weighted by Gasteiger charge is -2.13. The molecule has 2 heterocycles. The molecule has 18 heavy (non-hydrogen) atoms. The largest absolute Gasteiger partial charge is 0.318 e. The molecular formula is C11H18N6S. The van der Waals surface area contributed by atoms with Gasteiger partial charge in [0.25, 0.3) is 0 Å². The average molecular weight is 266 g/mol. The third kappa shape index (κ3) is 2.41. The van der Waals surface area contributed by atoms with Crippen molar-refractivity contribution in [3.8, 4) is 0 Å². The van der Waals surface area contributed by atoms with Gasteiger partial charge < -0.3 is 5.73 Å². The van der Waals surface area contributed by atoms with Crippen LogP contribution in [0, 0.1) is 0 Å². The van der Waals surface area contributed by atoms with Crippen LogP contribution < -0.4 is 5.73 Å². The van der Waals surface area contributed by atoms with Crippen LogP contribution in [0.2, 0.25) is 0 Å². The van der Waals surface area contributed by atoms with E-state index in [2.05, 4.69) is 40.7 Å². The molecule has 0 aliphatic carbocycles. The molecule has 0 saturated heterocycles. The molecular weight excluding hydrogens is 248 g/mol. The second kappa shape index (κ2) is 5.53. The smallest absolute Gasteiger partial charge is 0.0868 e. The SMILES string of the molecule is CCCn1nncc1C(N)c1snnc1C(C)C. The quantitative estimate of drug-likeness (QED) is 0.890. The normalized spacial score (nSPS) is 13.2. The molecule has 2 N–H and O–H groups in total. The molecule has 0 bridgehead atoms. The standard InChI is InChI=1S/C11H18N6S/c1-4-5-17-8(6-13-15-17)9(12)11-10(7(2)3)14-16-18-11/h6-7,9H,4-5,12H2,1-3H3. The lowest BCUT2D eigenvalue weighted by molar-refractivity contribution is 0.543. The van der Waals surface area contributed by atoms with Crippen molar-refractivity contribution in [3.05, 3.63) is 22.5 Å². The molecule has 6 nitrogen and oxygen atoms in total. The number of hydrogen-bond acceptors (Lipinski definition) is 6. The van der Waals surface area contributed by atoms with Crippen LogP contribution in [0.25, 0.3) is 0 Å². The predicted octanol–water partition coefficient (Wildman–Crippen LogP) is 1.71. The fourth-order valence-corrected chi connectivity index (χ4v) is 2.67. The summed E-state index contributed by atoms with van der Waals surface area (Å²) < 4.78 is 5.87. The van der Waals surface area contributed by atoms with E-state index in [1.165, 1.54) is 11.5 Å². The van der Waals surface area contributed by atoms with Crippen molar-refractivity contribution in [2.24, 2.45) is 5.73 Å². The van der Waals surface area contributed by atoms with Gasteiger partial charge in [0.05, 0.1) is 28.5 Å². The zero-order chi connectivity index (χ0) is 13.1. The first-order valence-corrected chi connectivity index (χ1v) is 6.88. The van der Waals surface area contributed by atoms with Crippen LogP contribution in [0.1, 0.15) is 55.4 Å². The number of hydrogen-bond donors (Lipinski definition) is 1. The minimum Gasteiger partial charge on any atom is -0.318 e. The third-order valence-corrected chi connectivity index (χ3v) is 3.59. The van der Waals surface area contributed by atoms with Crippen molar-refractivity contribution in [3.63, 3.8) is 0 Å². The van der Waals surface area contributed by atoms with E-state index in [0.29, 0.717) is 5.92 Å². The van der Waals surface area contributed by atoms with Gasteiger partial charge in [-0.15, -0.1) is 10.2 Å². The van der Waals surface area contributed by atoms with Gasteiger partial charge in [-0.3, -0.25) is 0 Å². The van der Waals surface area contributed by atoms with Gasteiger partial charge in [-0.25, -0.2) is 4.68 Å². The number of aromatic nitrogens is 5. The first-order chi connectivity index (χ1) is 8.65. The van der Waals surface area contributed by atoms with Crippen LogP contribution in [0.15, 0.2) is 6.20 Å². The highest BCUT2D eigenvalue weighted by Crippen LogP contribution is 2.28. The molecule has 2 rings (SSSR count). The molecule has 0 aliphatic rings. The summed E-state index contributed by atoms with van der Waals surface area (Å²) in [6.45, 7) is 7.11. The second-order valence-electron chi connectivity index (χ2n) is 4.54. The van der Waals surface area contributed by atoms with Crippen molar-refractivity contribution in [2.75, 3.05) is 0 Å². The van der Waals surface area contributed by atoms with E-state index in [4.69, 9.17) is 5.73 Å². The van der Waals surface area contributed by atoms with E-state index in [9.17, 15) is 0 Å². The summed E-state index contributed by atoms with van der Waals surface area (Å²) in [5.41, 5.74) is 8.19. The van der Waals surface area contributed by atoms with E-state index < -0.39 is 0 Å². The Bertz CT molecular complexity index is 503. The molecule has 0 fully saturated rings. The molecule has 0 radical (unpaired) electrons. The van der Waals surface area contributed by atoms with Crippen molar-refractivity contribution < 1.29 is 0 Å². The van der Waals surface area contributed by atoms with Gasteiger partial charge in [-0.2, -0.15) is 0 Å². The Kier molecular flexibility index (Phi) is 4.03. The van der Waals surface area contributed by atoms with E-state index in [1.54, 1.807) is 6.20 Å². The van der Waals surface area contributed by atoms with E-state index >= 15 is 0 Å². The maximum Gasteiger partial charge on any atom is 0.0868 e. The Balaban J connectivity index is 2.32. The van der Waals surface area contributed by atoms with Gasteiger partial charge in [0.2, 0.25) is 0 Å². The van der Waals surface area contributed by atoms with Crippen molar-refractivity contribution in [1.29, 1.82) is 0 Å². The molecule has 98 valence electrons. The molecule has 0 spiro atoms. The number of aryl methyl sites for hydroxylation is 1. The molecule has 1 atom stereocenters. The lowest BCUT2D eigenvalue weighted by Crippen LogP contribution is -2.18. The van der Waals surface area contributed by atoms with Crippen molar-refractivity contribution in [1.82, 2.24) is 24.6 Å². The Morgan fingerprint density at radius 3 is 2.89 bits per heavy atom. The molecule has 7 heteroatoms. The Morgan fingerprint density at radius 2 is 2.22 bits per heavy atom. The Hall–Kier alpha value is -1.34. The molecule has 0 aromatic carbocycles. The van der Waals surface area contributed by atoms with Gasteiger partial charge in [0.15, 0.2) is 0 Å². The zero-order valence-electron chi connectivity index (χ0n) is 10.9. The van der Waals surface area contributed by atoms with E-state index in [-0.39, 0.29) is 6.04 Å². The summed E-state index contributed by atoms with van der Waals surface area (Å²) in [6, 6.07) is -0.246. The Labute approximate surface area is 110 Å². The van der Waals surface area contributed by atoms with Crippen LogP contribution in [-0.2, 0) is 6.54 Å². The van der Waals surface area contributed by atoms with Gasteiger partial charge in [-0.1, -0.05) is 30.5 Å². The number of nitrogens with two attached hydrogens (primary N) is 1. The van der Waals surface area contributed by atoms with Crippen LogP contribution in [-0.4, -0.2) is 24.6 Å². The molecule has 2 aromatic rings. The molecule has 2 aromatic heterocycles. The van der Waals surface area contributed by atoms with Crippen molar-refractivity contribution in [2.45, 2.75) is 45.7 Å².